The lowest BCUT2D eigenvalue weighted by molar-refractivity contribution is -0.113. The van der Waals surface area contributed by atoms with Gasteiger partial charge in [0.15, 0.2) is 4.32 Å². The zero-order valence-corrected chi connectivity index (χ0v) is 13.4. The maximum absolute atomic E-state index is 12.7. The number of amides is 1. The molecule has 1 heterocycles. The van der Waals surface area contributed by atoms with Crippen LogP contribution in [0, 0.1) is 0 Å². The Hall–Kier alpha value is -2.44. The molecule has 4 nitrogen and oxygen atoms in total. The van der Waals surface area contributed by atoms with Crippen LogP contribution in [0.2, 0.25) is 0 Å². The van der Waals surface area contributed by atoms with Crippen LogP contribution in [0.25, 0.3) is 6.08 Å². The SMILES string of the molecule is O=C(O)c1ccccc1N1C(=O)/C(=C/c2ccccc2)SC1=S. The second-order valence-electron chi connectivity index (χ2n) is 4.75. The molecule has 1 aliphatic heterocycles. The van der Waals surface area contributed by atoms with Gasteiger partial charge < -0.3 is 5.11 Å². The van der Waals surface area contributed by atoms with E-state index in [9.17, 15) is 14.7 Å². The number of thiocarbonyl (C=S) groups is 1. The second-order valence-corrected chi connectivity index (χ2v) is 6.43. The molecular weight excluding hydrogens is 330 g/mol. The molecule has 1 saturated heterocycles. The van der Waals surface area contributed by atoms with Crippen molar-refractivity contribution in [1.82, 2.24) is 0 Å². The Morgan fingerprint density at radius 2 is 1.74 bits per heavy atom. The topological polar surface area (TPSA) is 57.6 Å². The van der Waals surface area contributed by atoms with E-state index in [1.807, 2.05) is 30.3 Å². The zero-order chi connectivity index (χ0) is 16.4. The molecule has 1 fully saturated rings. The van der Waals surface area contributed by atoms with Crippen LogP contribution < -0.4 is 4.90 Å². The minimum absolute atomic E-state index is 0.0461. The third-order valence-corrected chi connectivity index (χ3v) is 4.57. The van der Waals surface area contributed by atoms with Crippen LogP contribution >= 0.6 is 24.0 Å². The van der Waals surface area contributed by atoms with E-state index >= 15 is 0 Å². The van der Waals surface area contributed by atoms with Gasteiger partial charge in [-0.3, -0.25) is 9.69 Å². The van der Waals surface area contributed by atoms with Crippen molar-refractivity contribution in [2.75, 3.05) is 4.90 Å². The summed E-state index contributed by atoms with van der Waals surface area (Å²) in [5.41, 5.74) is 1.23. The maximum atomic E-state index is 12.7. The van der Waals surface area contributed by atoms with Gasteiger partial charge in [0, 0.05) is 0 Å². The molecule has 0 aromatic heterocycles. The van der Waals surface area contributed by atoms with Crippen molar-refractivity contribution in [2.24, 2.45) is 0 Å². The van der Waals surface area contributed by atoms with Gasteiger partial charge in [0.05, 0.1) is 16.2 Å². The number of anilines is 1. The minimum atomic E-state index is -1.10. The Morgan fingerprint density at radius 3 is 2.43 bits per heavy atom. The molecule has 0 radical (unpaired) electrons. The number of para-hydroxylation sites is 1. The van der Waals surface area contributed by atoms with Crippen molar-refractivity contribution in [1.29, 1.82) is 0 Å². The van der Waals surface area contributed by atoms with Crippen molar-refractivity contribution in [3.8, 4) is 0 Å². The first-order valence-corrected chi connectivity index (χ1v) is 7.96. The van der Waals surface area contributed by atoms with Gasteiger partial charge in [0.2, 0.25) is 0 Å². The van der Waals surface area contributed by atoms with Gasteiger partial charge in [-0.25, -0.2) is 4.79 Å². The van der Waals surface area contributed by atoms with Crippen molar-refractivity contribution in [3.05, 3.63) is 70.6 Å². The Balaban J connectivity index is 2.00. The summed E-state index contributed by atoms with van der Waals surface area (Å²) in [6.45, 7) is 0. The number of carboxylic acids is 1. The molecule has 0 atom stereocenters. The van der Waals surface area contributed by atoms with Gasteiger partial charge in [0.1, 0.15) is 0 Å². The van der Waals surface area contributed by atoms with Crippen molar-refractivity contribution < 1.29 is 14.7 Å². The zero-order valence-electron chi connectivity index (χ0n) is 11.8. The average molecular weight is 341 g/mol. The highest BCUT2D eigenvalue weighted by atomic mass is 32.2. The molecule has 0 bridgehead atoms. The molecular formula is C17H11NO3S2. The first-order valence-electron chi connectivity index (χ1n) is 6.73. The Morgan fingerprint density at radius 1 is 1.09 bits per heavy atom. The van der Waals surface area contributed by atoms with Crippen molar-refractivity contribution in [3.63, 3.8) is 0 Å². The normalized spacial score (nSPS) is 16.2. The van der Waals surface area contributed by atoms with Gasteiger partial charge in [-0.1, -0.05) is 66.4 Å². The summed E-state index contributed by atoms with van der Waals surface area (Å²) in [7, 11) is 0. The molecule has 0 unspecified atom stereocenters. The van der Waals surface area contributed by atoms with Gasteiger partial charge >= 0.3 is 5.97 Å². The summed E-state index contributed by atoms with van der Waals surface area (Å²) in [5.74, 6) is -1.40. The number of hydrogen-bond donors (Lipinski definition) is 1. The third-order valence-electron chi connectivity index (χ3n) is 3.27. The number of thioether (sulfide) groups is 1. The minimum Gasteiger partial charge on any atom is -0.478 e. The second kappa shape index (κ2) is 6.36. The van der Waals surface area contributed by atoms with Crippen molar-refractivity contribution in [2.45, 2.75) is 0 Å². The molecule has 0 saturated carbocycles. The molecule has 23 heavy (non-hydrogen) atoms. The van der Waals surface area contributed by atoms with E-state index in [-0.39, 0.29) is 11.5 Å². The number of rotatable bonds is 3. The quantitative estimate of drug-likeness (QED) is 0.680. The fourth-order valence-corrected chi connectivity index (χ4v) is 3.51. The maximum Gasteiger partial charge on any atom is 0.337 e. The molecule has 2 aromatic carbocycles. The predicted octanol–water partition coefficient (Wildman–Crippen LogP) is 3.79. The highest BCUT2D eigenvalue weighted by molar-refractivity contribution is 8.27. The number of carbonyl (C=O) groups excluding carboxylic acids is 1. The highest BCUT2D eigenvalue weighted by Crippen LogP contribution is 2.37. The first-order chi connectivity index (χ1) is 11.1. The summed E-state index contributed by atoms with van der Waals surface area (Å²) >= 11 is 6.44. The van der Waals surface area contributed by atoms with Gasteiger partial charge in [-0.15, -0.1) is 0 Å². The van der Waals surface area contributed by atoms with E-state index in [0.717, 1.165) is 5.56 Å². The van der Waals surface area contributed by atoms with E-state index in [2.05, 4.69) is 0 Å². The van der Waals surface area contributed by atoms with Crippen molar-refractivity contribution >= 4 is 51.9 Å². The molecule has 0 aliphatic carbocycles. The molecule has 1 aliphatic rings. The summed E-state index contributed by atoms with van der Waals surface area (Å²) in [6, 6.07) is 15.8. The van der Waals surface area contributed by atoms with Crippen LogP contribution in [-0.2, 0) is 4.79 Å². The highest BCUT2D eigenvalue weighted by Gasteiger charge is 2.35. The Bertz CT molecular complexity index is 831. The van der Waals surface area contributed by atoms with Crippen LogP contribution in [0.3, 0.4) is 0 Å². The average Bonchev–Trinajstić information content (AvgIpc) is 2.82. The molecule has 0 spiro atoms. The van der Waals surface area contributed by atoms with Crippen LogP contribution in [0.4, 0.5) is 5.69 Å². The van der Waals surface area contributed by atoms with E-state index in [1.54, 1.807) is 24.3 Å². The number of benzene rings is 2. The molecule has 6 heteroatoms. The molecule has 114 valence electrons. The monoisotopic (exact) mass is 341 g/mol. The van der Waals surface area contributed by atoms with E-state index in [4.69, 9.17) is 12.2 Å². The fraction of sp³-hybridized carbons (Fsp3) is 0. The number of hydrogen-bond acceptors (Lipinski definition) is 4. The Kier molecular flexibility index (Phi) is 4.27. The lowest BCUT2D eigenvalue weighted by atomic mass is 10.1. The van der Waals surface area contributed by atoms with E-state index in [1.165, 1.54) is 22.7 Å². The van der Waals surface area contributed by atoms with Crippen LogP contribution in [-0.4, -0.2) is 21.3 Å². The van der Waals surface area contributed by atoms with E-state index in [0.29, 0.717) is 14.9 Å². The van der Waals surface area contributed by atoms with Gasteiger partial charge in [-0.2, -0.15) is 0 Å². The van der Waals surface area contributed by atoms with Gasteiger partial charge in [-0.05, 0) is 23.8 Å². The molecule has 1 N–H and O–H groups in total. The standard InChI is InChI=1S/C17H11NO3S2/c19-15-14(10-11-6-2-1-3-7-11)23-17(22)18(15)13-9-5-4-8-12(13)16(20)21/h1-10H,(H,20,21)/b14-10-. The van der Waals surface area contributed by atoms with Crippen LogP contribution in [0.5, 0.6) is 0 Å². The van der Waals surface area contributed by atoms with Gasteiger partial charge in [0.25, 0.3) is 5.91 Å². The first kappa shape index (κ1) is 15.5. The fourth-order valence-electron chi connectivity index (χ4n) is 2.23. The predicted molar refractivity (Wildman–Crippen MR) is 95.5 cm³/mol. The lowest BCUT2D eigenvalue weighted by Crippen LogP contribution is -2.29. The summed E-state index contributed by atoms with van der Waals surface area (Å²) in [4.78, 5) is 25.8. The van der Waals surface area contributed by atoms with E-state index < -0.39 is 5.97 Å². The molecule has 3 rings (SSSR count). The lowest BCUT2D eigenvalue weighted by Gasteiger charge is -2.16. The summed E-state index contributed by atoms with van der Waals surface area (Å²) in [6.07, 6.45) is 1.75. The van der Waals surface area contributed by atoms with Crippen LogP contribution in [0.1, 0.15) is 15.9 Å². The Labute approximate surface area is 142 Å². The largest absolute Gasteiger partial charge is 0.478 e. The number of carbonyl (C=O) groups is 2. The number of carboxylic acid groups (broad SMARTS) is 1. The smallest absolute Gasteiger partial charge is 0.337 e. The molecule has 1 amide bonds. The summed E-state index contributed by atoms with van der Waals surface area (Å²) in [5, 5.41) is 9.30. The van der Waals surface area contributed by atoms with Crippen LogP contribution in [0.15, 0.2) is 59.5 Å². The molecule has 2 aromatic rings. The number of nitrogens with zero attached hydrogens (tertiary/aromatic N) is 1. The number of aromatic carboxylic acids is 1. The summed E-state index contributed by atoms with van der Waals surface area (Å²) < 4.78 is 0.325. The third kappa shape index (κ3) is 3.04.